The Bertz CT molecular complexity index is 1530. The van der Waals surface area contributed by atoms with Crippen LogP contribution in [-0.4, -0.2) is 59.3 Å². The number of piperidine rings is 1. The zero-order valence-electron chi connectivity index (χ0n) is 19.6. The van der Waals surface area contributed by atoms with Crippen LogP contribution in [0.1, 0.15) is 29.8 Å². The van der Waals surface area contributed by atoms with E-state index in [0.717, 1.165) is 24.9 Å². The lowest BCUT2D eigenvalue weighted by molar-refractivity contribution is -0.141. The number of pyridine rings is 1. The monoisotopic (exact) mass is 518 g/mol. The Labute approximate surface area is 216 Å². The van der Waals surface area contributed by atoms with Gasteiger partial charge in [-0.15, -0.1) is 0 Å². The lowest BCUT2D eigenvalue weighted by Gasteiger charge is -2.34. The molecule has 3 amide bonds. The van der Waals surface area contributed by atoms with Crippen molar-refractivity contribution in [3.8, 4) is 5.69 Å². The van der Waals surface area contributed by atoms with Crippen molar-refractivity contribution in [2.75, 3.05) is 5.32 Å². The van der Waals surface area contributed by atoms with E-state index in [1.54, 1.807) is 58.4 Å². The van der Waals surface area contributed by atoms with E-state index in [9.17, 15) is 14.4 Å². The summed E-state index contributed by atoms with van der Waals surface area (Å²) in [6.07, 6.45) is 5.93. The number of nitrogens with two attached hydrogens (primary N) is 1. The smallest absolute Gasteiger partial charge is 0.269 e. The molecule has 37 heavy (non-hydrogen) atoms. The fourth-order valence-electron chi connectivity index (χ4n) is 5.61. The van der Waals surface area contributed by atoms with Gasteiger partial charge in [0.15, 0.2) is 5.69 Å². The molecule has 188 valence electrons. The van der Waals surface area contributed by atoms with Gasteiger partial charge in [-0.25, -0.2) is 9.67 Å². The maximum atomic E-state index is 13.6. The predicted molar refractivity (Wildman–Crippen MR) is 135 cm³/mol. The third kappa shape index (κ3) is 4.10. The van der Waals surface area contributed by atoms with Crippen molar-refractivity contribution in [3.63, 3.8) is 0 Å². The Balaban J connectivity index is 1.29. The van der Waals surface area contributed by atoms with E-state index < -0.39 is 11.9 Å². The standard InChI is InChI=1S/C25H23ClN8O3/c26-19-3-1-4-20(29-19)30-25(37)23-14-5-6-16(11-14)34(23)21(35)13-33-18-8-7-15(32-10-2-9-28-32)12-17(18)22(31-33)24(27)36/h1-4,7-10,12,14,16,23H,5-6,11,13H2,(H2,27,36)(H,29,30,37)/t14-,16+,23-/m0/s1. The van der Waals surface area contributed by atoms with Crippen LogP contribution in [-0.2, 0) is 16.1 Å². The number of nitrogens with one attached hydrogen (secondary N) is 1. The van der Waals surface area contributed by atoms with Crippen molar-refractivity contribution in [1.29, 1.82) is 0 Å². The summed E-state index contributed by atoms with van der Waals surface area (Å²) in [4.78, 5) is 44.9. The van der Waals surface area contributed by atoms with Crippen LogP contribution in [0.2, 0.25) is 5.15 Å². The highest BCUT2D eigenvalue weighted by Gasteiger charge is 2.51. The van der Waals surface area contributed by atoms with Crippen molar-refractivity contribution in [2.45, 2.75) is 37.9 Å². The quantitative estimate of drug-likeness (QED) is 0.375. The Morgan fingerprint density at radius 2 is 2.00 bits per heavy atom. The highest BCUT2D eigenvalue weighted by atomic mass is 35.5. The minimum Gasteiger partial charge on any atom is -0.364 e. The second-order valence-corrected chi connectivity index (χ2v) is 9.72. The number of amides is 3. The van der Waals surface area contributed by atoms with Crippen molar-refractivity contribution < 1.29 is 14.4 Å². The second-order valence-electron chi connectivity index (χ2n) is 9.33. The summed E-state index contributed by atoms with van der Waals surface area (Å²) in [5, 5.41) is 12.2. The summed E-state index contributed by atoms with van der Waals surface area (Å²) in [5.74, 6) is -0.823. The second kappa shape index (κ2) is 9.00. The van der Waals surface area contributed by atoms with Crippen LogP contribution < -0.4 is 11.1 Å². The van der Waals surface area contributed by atoms with Crippen molar-refractivity contribution in [1.82, 2.24) is 29.4 Å². The Kier molecular flexibility index (Phi) is 5.64. The van der Waals surface area contributed by atoms with E-state index in [-0.39, 0.29) is 41.2 Å². The molecule has 1 saturated heterocycles. The summed E-state index contributed by atoms with van der Waals surface area (Å²) in [6.45, 7) is -0.132. The van der Waals surface area contributed by atoms with E-state index in [0.29, 0.717) is 16.7 Å². The molecule has 0 spiro atoms. The third-order valence-electron chi connectivity index (χ3n) is 7.13. The highest BCUT2D eigenvalue weighted by molar-refractivity contribution is 6.29. The average Bonchev–Trinajstić information content (AvgIpc) is 3.67. The van der Waals surface area contributed by atoms with Gasteiger partial charge in [0.1, 0.15) is 23.6 Å². The molecule has 0 unspecified atom stereocenters. The predicted octanol–water partition coefficient (Wildman–Crippen LogP) is 2.39. The number of rotatable bonds is 6. The number of carbonyl (C=O) groups is 3. The van der Waals surface area contributed by atoms with Crippen LogP contribution >= 0.6 is 11.6 Å². The molecule has 1 aliphatic carbocycles. The third-order valence-corrected chi connectivity index (χ3v) is 7.34. The normalized spacial score (nSPS) is 20.5. The number of hydrogen-bond acceptors (Lipinski definition) is 6. The lowest BCUT2D eigenvalue weighted by Crippen LogP contribution is -2.52. The summed E-state index contributed by atoms with van der Waals surface area (Å²) < 4.78 is 3.13. The van der Waals surface area contributed by atoms with Gasteiger partial charge in [-0.3, -0.25) is 19.1 Å². The molecule has 6 rings (SSSR count). The lowest BCUT2D eigenvalue weighted by atomic mass is 9.97. The first kappa shape index (κ1) is 23.2. The number of anilines is 1. The zero-order valence-corrected chi connectivity index (χ0v) is 20.4. The minimum absolute atomic E-state index is 0.0237. The van der Waals surface area contributed by atoms with E-state index in [2.05, 4.69) is 20.5 Å². The van der Waals surface area contributed by atoms with Crippen molar-refractivity contribution in [2.24, 2.45) is 11.7 Å². The molecule has 0 radical (unpaired) electrons. The molecule has 12 heteroatoms. The van der Waals surface area contributed by atoms with Gasteiger partial charge in [0.05, 0.1) is 11.2 Å². The van der Waals surface area contributed by atoms with Gasteiger partial charge in [0, 0.05) is 23.8 Å². The summed E-state index contributed by atoms with van der Waals surface area (Å²) >= 11 is 5.96. The number of hydrogen-bond donors (Lipinski definition) is 2. The van der Waals surface area contributed by atoms with Crippen LogP contribution in [0.4, 0.5) is 5.82 Å². The fourth-order valence-corrected chi connectivity index (χ4v) is 5.77. The van der Waals surface area contributed by atoms with Gasteiger partial charge in [0.2, 0.25) is 11.8 Å². The summed E-state index contributed by atoms with van der Waals surface area (Å²) in [7, 11) is 0. The number of aromatic nitrogens is 5. The van der Waals surface area contributed by atoms with E-state index in [4.69, 9.17) is 17.3 Å². The zero-order chi connectivity index (χ0) is 25.7. The number of likely N-dealkylation sites (tertiary alicyclic amines) is 1. The molecule has 1 aliphatic heterocycles. The van der Waals surface area contributed by atoms with E-state index in [1.807, 2.05) is 6.07 Å². The molecule has 11 nitrogen and oxygen atoms in total. The van der Waals surface area contributed by atoms with Crippen molar-refractivity contribution in [3.05, 3.63) is 65.7 Å². The Hall–Kier alpha value is -4.25. The minimum atomic E-state index is -0.694. The number of benzene rings is 1. The van der Waals surface area contributed by atoms with E-state index in [1.165, 1.54) is 4.68 Å². The molecular weight excluding hydrogens is 496 g/mol. The van der Waals surface area contributed by atoms with Crippen LogP contribution in [0.15, 0.2) is 54.9 Å². The molecule has 3 N–H and O–H groups in total. The average molecular weight is 519 g/mol. The van der Waals surface area contributed by atoms with Crippen LogP contribution in [0.5, 0.6) is 0 Å². The molecule has 1 aromatic carbocycles. The number of halogens is 1. The van der Waals surface area contributed by atoms with Crippen LogP contribution in [0, 0.1) is 5.92 Å². The summed E-state index contributed by atoms with van der Waals surface area (Å²) in [6, 6.07) is 11.5. The highest BCUT2D eigenvalue weighted by Crippen LogP contribution is 2.43. The first-order chi connectivity index (χ1) is 17.9. The molecule has 4 heterocycles. The largest absolute Gasteiger partial charge is 0.364 e. The van der Waals surface area contributed by atoms with Gasteiger partial charge in [-0.05, 0) is 61.6 Å². The number of primary amides is 1. The van der Waals surface area contributed by atoms with Gasteiger partial charge in [-0.2, -0.15) is 10.2 Å². The van der Waals surface area contributed by atoms with Crippen LogP contribution in [0.3, 0.4) is 0 Å². The van der Waals surface area contributed by atoms with Gasteiger partial charge in [0.25, 0.3) is 5.91 Å². The number of fused-ring (bicyclic) bond motifs is 3. The molecule has 3 aromatic heterocycles. The molecular formula is C25H23ClN8O3. The Morgan fingerprint density at radius 1 is 1.14 bits per heavy atom. The molecule has 2 fully saturated rings. The van der Waals surface area contributed by atoms with Gasteiger partial charge >= 0.3 is 0 Å². The molecule has 2 aliphatic rings. The first-order valence-electron chi connectivity index (χ1n) is 11.9. The topological polar surface area (TPSA) is 141 Å². The first-order valence-corrected chi connectivity index (χ1v) is 12.3. The maximum Gasteiger partial charge on any atom is 0.269 e. The SMILES string of the molecule is NC(=O)c1nn(CC(=O)N2[C@@H]3CC[C@@H](C3)[C@H]2C(=O)Nc2cccc(Cl)n2)c2ccc(-n3cccn3)cc12. The van der Waals surface area contributed by atoms with Crippen LogP contribution in [0.25, 0.3) is 16.6 Å². The van der Waals surface area contributed by atoms with Gasteiger partial charge < -0.3 is 16.0 Å². The molecule has 1 saturated carbocycles. The molecule has 2 bridgehead atoms. The maximum absolute atomic E-state index is 13.6. The number of nitrogens with zero attached hydrogens (tertiary/aromatic N) is 6. The molecule has 4 aromatic rings. The van der Waals surface area contributed by atoms with Gasteiger partial charge in [-0.1, -0.05) is 17.7 Å². The fraction of sp³-hybridized carbons (Fsp3) is 0.280. The molecule has 3 atom stereocenters. The van der Waals surface area contributed by atoms with E-state index >= 15 is 0 Å². The number of carbonyl (C=O) groups excluding carboxylic acids is 3. The van der Waals surface area contributed by atoms with Crippen molar-refractivity contribution >= 4 is 46.0 Å². The summed E-state index contributed by atoms with van der Waals surface area (Å²) in [5.41, 5.74) is 7.00. The Morgan fingerprint density at radius 3 is 2.76 bits per heavy atom.